The molecular weight excluding hydrogens is 332 g/mol. The maximum atomic E-state index is 12.0. The first kappa shape index (κ1) is 18.2. The molecule has 122 valence electrons. The van der Waals surface area contributed by atoms with E-state index in [1.165, 1.54) is 25.1 Å². The lowest BCUT2D eigenvalue weighted by atomic mass is 10.3. The second-order valence-electron chi connectivity index (χ2n) is 4.38. The molecule has 0 heterocycles. The highest BCUT2D eigenvalue weighted by molar-refractivity contribution is 7.89. The van der Waals surface area contributed by atoms with Crippen LogP contribution in [0.4, 0.5) is 4.79 Å². The van der Waals surface area contributed by atoms with Crippen LogP contribution in [-0.4, -0.2) is 39.5 Å². The number of carbonyl (C=O) groups is 2. The summed E-state index contributed by atoms with van der Waals surface area (Å²) >= 11 is 5.74. The van der Waals surface area contributed by atoms with Gasteiger partial charge in [0.1, 0.15) is 6.04 Å². The number of urea groups is 1. The van der Waals surface area contributed by atoms with Crippen molar-refractivity contribution in [3.05, 3.63) is 29.3 Å². The van der Waals surface area contributed by atoms with Crippen LogP contribution in [0.25, 0.3) is 0 Å². The highest BCUT2D eigenvalue weighted by atomic mass is 35.5. The third-order valence-corrected chi connectivity index (χ3v) is 4.27. The van der Waals surface area contributed by atoms with Crippen LogP contribution in [0.5, 0.6) is 0 Å². The van der Waals surface area contributed by atoms with Gasteiger partial charge in [-0.3, -0.25) is 4.79 Å². The first-order valence-corrected chi connectivity index (χ1v) is 8.17. The van der Waals surface area contributed by atoms with Crippen molar-refractivity contribution in [2.75, 3.05) is 13.1 Å². The molecule has 8 nitrogen and oxygen atoms in total. The zero-order valence-electron chi connectivity index (χ0n) is 11.8. The summed E-state index contributed by atoms with van der Waals surface area (Å²) in [6.07, 6.45) is 0. The van der Waals surface area contributed by atoms with Gasteiger partial charge in [-0.15, -0.1) is 0 Å². The summed E-state index contributed by atoms with van der Waals surface area (Å²) in [7, 11) is -3.70. The SMILES string of the molecule is CC(NC(N)=O)C(=O)NCCNS(=O)(=O)c1cccc(Cl)c1. The Bertz CT molecular complexity index is 650. The summed E-state index contributed by atoms with van der Waals surface area (Å²) in [5, 5.41) is 4.97. The highest BCUT2D eigenvalue weighted by Gasteiger charge is 2.15. The summed E-state index contributed by atoms with van der Waals surface area (Å²) in [5.74, 6) is -0.472. The van der Waals surface area contributed by atoms with Crippen molar-refractivity contribution in [3.63, 3.8) is 0 Å². The molecule has 1 aromatic carbocycles. The van der Waals surface area contributed by atoms with Crippen molar-refractivity contribution >= 4 is 33.6 Å². The number of nitrogens with one attached hydrogen (secondary N) is 3. The minimum Gasteiger partial charge on any atom is -0.353 e. The predicted octanol–water partition coefficient (Wildman–Crippen LogP) is -0.209. The van der Waals surface area contributed by atoms with Crippen LogP contribution in [0.2, 0.25) is 5.02 Å². The molecule has 10 heteroatoms. The third-order valence-electron chi connectivity index (χ3n) is 2.57. The van der Waals surface area contributed by atoms with E-state index < -0.39 is 28.0 Å². The molecule has 0 fully saturated rings. The zero-order valence-corrected chi connectivity index (χ0v) is 13.4. The van der Waals surface area contributed by atoms with Crippen LogP contribution in [0, 0.1) is 0 Å². The van der Waals surface area contributed by atoms with E-state index in [0.717, 1.165) is 0 Å². The fourth-order valence-electron chi connectivity index (χ4n) is 1.52. The van der Waals surface area contributed by atoms with Gasteiger partial charge in [0.05, 0.1) is 4.90 Å². The monoisotopic (exact) mass is 348 g/mol. The van der Waals surface area contributed by atoms with Crippen molar-refractivity contribution in [1.29, 1.82) is 0 Å². The fraction of sp³-hybridized carbons (Fsp3) is 0.333. The Balaban J connectivity index is 2.44. The summed E-state index contributed by atoms with van der Waals surface area (Å²) in [4.78, 5) is 22.2. The fourth-order valence-corrected chi connectivity index (χ4v) is 2.85. The van der Waals surface area contributed by atoms with Crippen LogP contribution in [0.3, 0.4) is 0 Å². The second-order valence-corrected chi connectivity index (χ2v) is 6.58. The Kier molecular flexibility index (Phi) is 6.60. The van der Waals surface area contributed by atoms with Gasteiger partial charge in [0, 0.05) is 18.1 Å². The van der Waals surface area contributed by atoms with E-state index in [1.807, 2.05) is 0 Å². The molecule has 3 amide bonds. The van der Waals surface area contributed by atoms with E-state index >= 15 is 0 Å². The first-order valence-electron chi connectivity index (χ1n) is 6.31. The molecule has 0 saturated carbocycles. The number of carbonyl (C=O) groups excluding carboxylic acids is 2. The van der Waals surface area contributed by atoms with Gasteiger partial charge in [-0.1, -0.05) is 17.7 Å². The molecule has 0 aliphatic heterocycles. The van der Waals surface area contributed by atoms with Crippen molar-refractivity contribution in [3.8, 4) is 0 Å². The van der Waals surface area contributed by atoms with Crippen LogP contribution in [0.1, 0.15) is 6.92 Å². The van der Waals surface area contributed by atoms with Gasteiger partial charge in [-0.25, -0.2) is 17.9 Å². The molecule has 0 aliphatic rings. The van der Waals surface area contributed by atoms with E-state index in [9.17, 15) is 18.0 Å². The number of amides is 3. The maximum Gasteiger partial charge on any atom is 0.312 e. The second kappa shape index (κ2) is 7.97. The molecular formula is C12H17ClN4O4S. The summed E-state index contributed by atoms with van der Waals surface area (Å²) in [6, 6.07) is 4.20. The van der Waals surface area contributed by atoms with E-state index in [-0.39, 0.29) is 18.0 Å². The molecule has 0 radical (unpaired) electrons. The van der Waals surface area contributed by atoms with Crippen LogP contribution in [0.15, 0.2) is 29.2 Å². The number of hydrogen-bond donors (Lipinski definition) is 4. The van der Waals surface area contributed by atoms with E-state index in [4.69, 9.17) is 17.3 Å². The van der Waals surface area contributed by atoms with E-state index in [1.54, 1.807) is 6.07 Å². The standard InChI is InChI=1S/C12H17ClN4O4S/c1-8(17-12(14)19)11(18)15-5-6-16-22(20,21)10-4-2-3-9(13)7-10/h2-4,7-8,16H,5-6H2,1H3,(H,15,18)(H3,14,17,19). The average molecular weight is 349 g/mol. The number of rotatable bonds is 7. The van der Waals surface area contributed by atoms with Crippen LogP contribution < -0.4 is 21.1 Å². The predicted molar refractivity (Wildman–Crippen MR) is 81.8 cm³/mol. The van der Waals surface area contributed by atoms with E-state index in [2.05, 4.69) is 15.4 Å². The number of benzene rings is 1. The smallest absolute Gasteiger partial charge is 0.312 e. The molecule has 22 heavy (non-hydrogen) atoms. The van der Waals surface area contributed by atoms with Crippen molar-refractivity contribution in [2.24, 2.45) is 5.73 Å². The van der Waals surface area contributed by atoms with Gasteiger partial charge < -0.3 is 16.4 Å². The molecule has 0 bridgehead atoms. The molecule has 1 atom stereocenters. The molecule has 1 rings (SSSR count). The van der Waals surface area contributed by atoms with Gasteiger partial charge in [0.15, 0.2) is 0 Å². The molecule has 1 unspecified atom stereocenters. The summed E-state index contributed by atoms with van der Waals surface area (Å²) in [6.45, 7) is 1.50. The first-order chi connectivity index (χ1) is 10.2. The molecule has 5 N–H and O–H groups in total. The van der Waals surface area contributed by atoms with Crippen molar-refractivity contribution < 1.29 is 18.0 Å². The van der Waals surface area contributed by atoms with Crippen molar-refractivity contribution in [1.82, 2.24) is 15.4 Å². The number of sulfonamides is 1. The Hall–Kier alpha value is -1.84. The normalized spacial score (nSPS) is 12.5. The van der Waals surface area contributed by atoms with Crippen LogP contribution >= 0.6 is 11.6 Å². The lowest BCUT2D eigenvalue weighted by Crippen LogP contribution is -2.48. The van der Waals surface area contributed by atoms with Gasteiger partial charge >= 0.3 is 6.03 Å². The van der Waals surface area contributed by atoms with Gasteiger partial charge in [0.25, 0.3) is 0 Å². The largest absolute Gasteiger partial charge is 0.353 e. The van der Waals surface area contributed by atoms with Gasteiger partial charge in [-0.05, 0) is 25.1 Å². The molecule has 0 saturated heterocycles. The molecule has 1 aromatic rings. The summed E-state index contributed by atoms with van der Waals surface area (Å²) < 4.78 is 26.2. The maximum absolute atomic E-state index is 12.0. The Morgan fingerprint density at radius 1 is 1.32 bits per heavy atom. The number of nitrogens with two attached hydrogens (primary N) is 1. The molecule has 0 aromatic heterocycles. The quantitative estimate of drug-likeness (QED) is 0.508. The molecule has 0 spiro atoms. The highest BCUT2D eigenvalue weighted by Crippen LogP contribution is 2.14. The average Bonchev–Trinajstić information content (AvgIpc) is 2.42. The molecule has 0 aliphatic carbocycles. The third kappa shape index (κ3) is 5.88. The van der Waals surface area contributed by atoms with Crippen molar-refractivity contribution in [2.45, 2.75) is 17.9 Å². The van der Waals surface area contributed by atoms with Gasteiger partial charge in [-0.2, -0.15) is 0 Å². The number of halogens is 1. The number of primary amides is 1. The van der Waals surface area contributed by atoms with E-state index in [0.29, 0.717) is 5.02 Å². The minimum atomic E-state index is -3.70. The zero-order chi connectivity index (χ0) is 16.8. The topological polar surface area (TPSA) is 130 Å². The number of hydrogen-bond acceptors (Lipinski definition) is 4. The Morgan fingerprint density at radius 2 is 2.00 bits per heavy atom. The minimum absolute atomic E-state index is 0.0100. The lowest BCUT2D eigenvalue weighted by molar-refractivity contribution is -0.122. The van der Waals surface area contributed by atoms with Gasteiger partial charge in [0.2, 0.25) is 15.9 Å². The summed E-state index contributed by atoms with van der Waals surface area (Å²) in [5.41, 5.74) is 4.89. The Labute approximate surface area is 133 Å². The Morgan fingerprint density at radius 3 is 2.59 bits per heavy atom. The lowest BCUT2D eigenvalue weighted by Gasteiger charge is -2.13. The van der Waals surface area contributed by atoms with Crippen LogP contribution in [-0.2, 0) is 14.8 Å².